The van der Waals surface area contributed by atoms with Crippen LogP contribution >= 0.6 is 0 Å². The number of aryl methyl sites for hydroxylation is 1. The molecule has 2 aliphatic heterocycles. The van der Waals surface area contributed by atoms with Gasteiger partial charge in [0.05, 0.1) is 34.6 Å². The molecule has 17 heteroatoms. The van der Waals surface area contributed by atoms with E-state index in [2.05, 4.69) is 35.6 Å². The number of imidazole rings is 1. The summed E-state index contributed by atoms with van der Waals surface area (Å²) in [7, 11) is 1.75. The van der Waals surface area contributed by atoms with Crippen molar-refractivity contribution in [2.75, 3.05) is 29.9 Å². The molecule has 1 atom stereocenters. The van der Waals surface area contributed by atoms with Crippen molar-refractivity contribution in [3.8, 4) is 0 Å². The molecule has 294 valence electrons. The summed E-state index contributed by atoms with van der Waals surface area (Å²) in [5.41, 5.74) is 2.30. The molecule has 4 aliphatic rings. The molecule has 5 aromatic rings. The molecule has 3 amide bonds. The molecule has 2 aliphatic carbocycles. The highest BCUT2D eigenvalue weighted by Crippen LogP contribution is 2.39. The molecule has 0 bridgehead atoms. The van der Waals surface area contributed by atoms with E-state index in [0.717, 1.165) is 69.4 Å². The summed E-state index contributed by atoms with van der Waals surface area (Å²) in [5.74, 6) is -0.825. The largest absolute Gasteiger partial charge is 0.370 e. The van der Waals surface area contributed by atoms with Gasteiger partial charge in [0.25, 0.3) is 12.3 Å². The maximum Gasteiger partial charge on any atom is 0.329 e. The molecule has 4 fully saturated rings. The van der Waals surface area contributed by atoms with E-state index in [4.69, 9.17) is 0 Å². The van der Waals surface area contributed by atoms with Crippen LogP contribution in [0.2, 0.25) is 0 Å². The molecular formula is C39H45F2N11O4. The summed E-state index contributed by atoms with van der Waals surface area (Å²) >= 11 is 0. The Balaban J connectivity index is 0.834. The fourth-order valence-corrected chi connectivity index (χ4v) is 9.26. The van der Waals surface area contributed by atoms with Gasteiger partial charge in [-0.1, -0.05) is 6.07 Å². The number of aromatic nitrogens is 7. The van der Waals surface area contributed by atoms with Gasteiger partial charge in [0.15, 0.2) is 11.3 Å². The molecule has 9 rings (SSSR count). The topological polar surface area (TPSA) is 157 Å². The quantitative estimate of drug-likeness (QED) is 0.194. The first-order chi connectivity index (χ1) is 27.1. The minimum absolute atomic E-state index is 0.000928. The van der Waals surface area contributed by atoms with Crippen LogP contribution in [0.1, 0.15) is 98.8 Å². The van der Waals surface area contributed by atoms with E-state index < -0.39 is 30.0 Å². The maximum atomic E-state index is 14.1. The zero-order valence-corrected chi connectivity index (χ0v) is 31.2. The van der Waals surface area contributed by atoms with E-state index in [1.807, 2.05) is 18.2 Å². The van der Waals surface area contributed by atoms with Crippen molar-refractivity contribution in [3.05, 3.63) is 70.8 Å². The molecule has 56 heavy (non-hydrogen) atoms. The molecule has 0 radical (unpaired) electrons. The smallest absolute Gasteiger partial charge is 0.329 e. The monoisotopic (exact) mass is 769 g/mol. The van der Waals surface area contributed by atoms with Gasteiger partial charge in [-0.05, 0) is 81.9 Å². The minimum atomic E-state index is -2.85. The third kappa shape index (κ3) is 6.64. The van der Waals surface area contributed by atoms with E-state index in [0.29, 0.717) is 35.6 Å². The number of piperidine rings is 2. The molecule has 15 nitrogen and oxygen atoms in total. The van der Waals surface area contributed by atoms with Gasteiger partial charge in [-0.3, -0.25) is 38.4 Å². The highest BCUT2D eigenvalue weighted by atomic mass is 19.3. The van der Waals surface area contributed by atoms with Crippen LogP contribution in [0.5, 0.6) is 0 Å². The Morgan fingerprint density at radius 1 is 1.00 bits per heavy atom. The second kappa shape index (κ2) is 14.6. The molecule has 0 spiro atoms. The van der Waals surface area contributed by atoms with Crippen molar-refractivity contribution < 1.29 is 23.2 Å². The number of hydrogen-bond donors (Lipinski definition) is 2. The lowest BCUT2D eigenvalue weighted by atomic mass is 9.85. The standard InChI is InChI=1S/C39H45F2N11O4/c1-47-34-29(4-2-5-30(34)52(39(47)56)31-12-13-32(53)45-38(31)55)48-18-14-25(15-19-48)49(24-10-11-24)21-23-6-8-26(9-7-23)51-22-28(33(46-51)35(40)41)44-37(54)27-20-43-50-17-3-16-42-36(27)50/h2-5,16-17,20,22-26,31,35H,6-15,18-19,21H2,1H3,(H,44,54)(H,45,53,55)/t23-,26-,31?. The molecular weight excluding hydrogens is 724 g/mol. The van der Waals surface area contributed by atoms with Crippen molar-refractivity contribution in [1.82, 2.24) is 43.7 Å². The Morgan fingerprint density at radius 2 is 1.77 bits per heavy atom. The number of benzene rings is 1. The molecule has 2 saturated carbocycles. The summed E-state index contributed by atoms with van der Waals surface area (Å²) in [6, 6.07) is 7.83. The Kier molecular flexibility index (Phi) is 9.42. The third-order valence-electron chi connectivity index (χ3n) is 12.3. The number of carbonyl (C=O) groups is 3. The van der Waals surface area contributed by atoms with Gasteiger partial charge in [0.2, 0.25) is 11.8 Å². The van der Waals surface area contributed by atoms with Crippen LogP contribution in [-0.2, 0) is 16.6 Å². The van der Waals surface area contributed by atoms with Gasteiger partial charge in [-0.15, -0.1) is 0 Å². The summed E-state index contributed by atoms with van der Waals surface area (Å²) in [5, 5.41) is 13.4. The highest BCUT2D eigenvalue weighted by molar-refractivity contribution is 6.08. The van der Waals surface area contributed by atoms with Gasteiger partial charge in [-0.2, -0.15) is 10.2 Å². The van der Waals surface area contributed by atoms with Crippen molar-refractivity contribution in [2.45, 2.75) is 94.8 Å². The summed E-state index contributed by atoms with van der Waals surface area (Å²) < 4.78 is 34.5. The second-order valence-corrected chi connectivity index (χ2v) is 15.8. The number of fused-ring (bicyclic) bond motifs is 2. The van der Waals surface area contributed by atoms with Gasteiger partial charge in [0.1, 0.15) is 11.6 Å². The zero-order chi connectivity index (χ0) is 38.7. The van der Waals surface area contributed by atoms with Gasteiger partial charge in [-0.25, -0.2) is 23.1 Å². The van der Waals surface area contributed by atoms with Crippen LogP contribution in [0.15, 0.2) is 53.8 Å². The van der Waals surface area contributed by atoms with E-state index in [1.165, 1.54) is 29.8 Å². The summed E-state index contributed by atoms with van der Waals surface area (Å²) in [6.07, 6.45) is 11.7. The Morgan fingerprint density at radius 3 is 2.50 bits per heavy atom. The first-order valence-electron chi connectivity index (χ1n) is 19.7. The van der Waals surface area contributed by atoms with Crippen LogP contribution in [0.25, 0.3) is 16.7 Å². The minimum Gasteiger partial charge on any atom is -0.370 e. The number of rotatable bonds is 10. The lowest BCUT2D eigenvalue weighted by molar-refractivity contribution is -0.135. The van der Waals surface area contributed by atoms with Crippen molar-refractivity contribution >= 4 is 45.8 Å². The second-order valence-electron chi connectivity index (χ2n) is 15.8. The number of nitrogens with one attached hydrogen (secondary N) is 2. The SMILES string of the molecule is Cn1c(=O)n(C2CCC(=O)NC2=O)c2cccc(N3CCC(N(C[C@H]4CC[C@H](n5cc(NC(=O)c6cnn7cccnc67)c(C(F)F)n5)CC4)C4CC4)CC3)c21. The number of amides is 3. The number of alkyl halides is 2. The predicted molar refractivity (Wildman–Crippen MR) is 203 cm³/mol. The van der Waals surface area contributed by atoms with Crippen LogP contribution < -0.4 is 21.2 Å². The number of halogens is 2. The fourth-order valence-electron chi connectivity index (χ4n) is 9.26. The number of hydrogen-bond acceptors (Lipinski definition) is 9. The fraction of sp³-hybridized carbons (Fsp3) is 0.513. The maximum absolute atomic E-state index is 14.1. The van der Waals surface area contributed by atoms with Crippen molar-refractivity contribution in [2.24, 2.45) is 13.0 Å². The molecule has 6 heterocycles. The number of anilines is 2. The molecule has 1 aromatic carbocycles. The van der Waals surface area contributed by atoms with E-state index in [9.17, 15) is 28.0 Å². The van der Waals surface area contributed by atoms with Gasteiger partial charge >= 0.3 is 5.69 Å². The van der Waals surface area contributed by atoms with E-state index >= 15 is 0 Å². The normalized spacial score (nSPS) is 22.4. The number of nitrogens with zero attached hydrogens (tertiary/aromatic N) is 9. The van der Waals surface area contributed by atoms with Crippen LogP contribution in [0.4, 0.5) is 20.2 Å². The first kappa shape index (κ1) is 36.2. The average Bonchev–Trinajstić information content (AvgIpc) is 3.72. The average molecular weight is 770 g/mol. The van der Waals surface area contributed by atoms with Crippen LogP contribution in [-0.4, -0.2) is 87.9 Å². The predicted octanol–water partition coefficient (Wildman–Crippen LogP) is 4.61. The zero-order valence-electron chi connectivity index (χ0n) is 31.2. The third-order valence-corrected chi connectivity index (χ3v) is 12.3. The highest BCUT2D eigenvalue weighted by Gasteiger charge is 2.39. The molecule has 4 aromatic heterocycles. The Hall–Kier alpha value is -5.45. The van der Waals surface area contributed by atoms with Crippen molar-refractivity contribution in [1.29, 1.82) is 0 Å². The number of para-hydroxylation sites is 1. The van der Waals surface area contributed by atoms with Gasteiger partial charge < -0.3 is 10.2 Å². The van der Waals surface area contributed by atoms with E-state index in [1.54, 1.807) is 39.3 Å². The van der Waals surface area contributed by atoms with E-state index in [-0.39, 0.29) is 35.3 Å². The Bertz CT molecular complexity index is 2360. The van der Waals surface area contributed by atoms with Crippen LogP contribution in [0.3, 0.4) is 0 Å². The van der Waals surface area contributed by atoms with Crippen molar-refractivity contribution in [3.63, 3.8) is 0 Å². The Labute approximate surface area is 320 Å². The summed E-state index contributed by atoms with van der Waals surface area (Å²) in [6.45, 7) is 2.70. The van der Waals surface area contributed by atoms with Gasteiger partial charge in [0, 0.05) is 63.8 Å². The summed E-state index contributed by atoms with van der Waals surface area (Å²) in [4.78, 5) is 60.4. The number of imide groups is 1. The van der Waals surface area contributed by atoms with Crippen LogP contribution in [0, 0.1) is 5.92 Å². The first-order valence-corrected chi connectivity index (χ1v) is 19.7. The number of carbonyl (C=O) groups excluding carboxylic acids is 3. The lowest BCUT2D eigenvalue weighted by Crippen LogP contribution is -2.48. The molecule has 2 saturated heterocycles. The lowest BCUT2D eigenvalue weighted by Gasteiger charge is -2.42. The molecule has 1 unspecified atom stereocenters. The molecule has 2 N–H and O–H groups in total.